The summed E-state index contributed by atoms with van der Waals surface area (Å²) in [5.41, 5.74) is 0. The van der Waals surface area contributed by atoms with E-state index in [9.17, 15) is 0 Å². The van der Waals surface area contributed by atoms with Crippen LogP contribution in [0.2, 0.25) is 0 Å². The van der Waals surface area contributed by atoms with Crippen LogP contribution in [0.1, 0.15) is 0 Å². The second kappa shape index (κ2) is 5.39. The van der Waals surface area contributed by atoms with E-state index in [4.69, 9.17) is 25.4 Å². The monoisotopic (exact) mass is 272 g/mol. The molecular formula is C5H9N2O3PS3. The van der Waals surface area contributed by atoms with E-state index in [1.54, 1.807) is 0 Å². The van der Waals surface area contributed by atoms with Crippen LogP contribution in [0.15, 0.2) is 4.34 Å². The first kappa shape index (κ1) is 12.4. The Kier molecular flexibility index (Phi) is 4.75. The van der Waals surface area contributed by atoms with E-state index in [2.05, 4.69) is 9.36 Å². The zero-order valence-electron chi connectivity index (χ0n) is 7.79. The average Bonchev–Trinajstić information content (AvgIpc) is 2.65. The van der Waals surface area contributed by atoms with Crippen LogP contribution >= 0.6 is 30.0 Å². The topological polar surface area (TPSA) is 53.5 Å². The van der Waals surface area contributed by atoms with Crippen molar-refractivity contribution in [1.29, 1.82) is 0 Å². The van der Waals surface area contributed by atoms with Crippen molar-refractivity contribution in [2.24, 2.45) is 0 Å². The molecule has 0 aliphatic rings. The highest BCUT2D eigenvalue weighted by atomic mass is 32.5. The molecule has 5 nitrogen and oxygen atoms in total. The molecule has 0 aliphatic carbocycles. The SMILES string of the molecule is COP(=S)(OC)Oc1nsc(SC)n1. The van der Waals surface area contributed by atoms with Crippen molar-refractivity contribution in [3.63, 3.8) is 0 Å². The Bertz CT molecular complexity index is 337. The van der Waals surface area contributed by atoms with Gasteiger partial charge < -0.3 is 13.6 Å². The van der Waals surface area contributed by atoms with E-state index in [0.717, 1.165) is 4.34 Å². The average molecular weight is 272 g/mol. The maximum atomic E-state index is 5.24. The van der Waals surface area contributed by atoms with Crippen LogP contribution in [0.5, 0.6) is 6.01 Å². The molecule has 0 radical (unpaired) electrons. The van der Waals surface area contributed by atoms with E-state index < -0.39 is 6.72 Å². The molecule has 0 spiro atoms. The third-order valence-corrected chi connectivity index (χ3v) is 5.26. The van der Waals surface area contributed by atoms with Crippen molar-refractivity contribution in [1.82, 2.24) is 9.36 Å². The van der Waals surface area contributed by atoms with Crippen LogP contribution in [-0.2, 0) is 20.9 Å². The van der Waals surface area contributed by atoms with Gasteiger partial charge in [-0.2, -0.15) is 4.98 Å². The molecule has 1 rings (SSSR count). The summed E-state index contributed by atoms with van der Waals surface area (Å²) in [6.07, 6.45) is 1.91. The summed E-state index contributed by atoms with van der Waals surface area (Å²) in [4.78, 5) is 4.06. The van der Waals surface area contributed by atoms with Gasteiger partial charge in [-0.1, -0.05) is 11.8 Å². The summed E-state index contributed by atoms with van der Waals surface area (Å²) in [6.45, 7) is -2.69. The lowest BCUT2D eigenvalue weighted by Gasteiger charge is -2.14. The molecular weight excluding hydrogens is 263 g/mol. The largest absolute Gasteiger partial charge is 0.388 e. The van der Waals surface area contributed by atoms with E-state index in [1.807, 2.05) is 6.26 Å². The molecule has 80 valence electrons. The smallest absolute Gasteiger partial charge is 0.382 e. The normalized spacial score (nSPS) is 11.6. The van der Waals surface area contributed by atoms with Gasteiger partial charge in [0.2, 0.25) is 0 Å². The summed E-state index contributed by atoms with van der Waals surface area (Å²) in [5.74, 6) is 0. The maximum absolute atomic E-state index is 5.24. The summed E-state index contributed by atoms with van der Waals surface area (Å²) in [7, 11) is 2.87. The highest BCUT2D eigenvalue weighted by Crippen LogP contribution is 2.47. The molecule has 0 aliphatic heterocycles. The summed E-state index contributed by atoms with van der Waals surface area (Å²) >= 11 is 7.73. The van der Waals surface area contributed by atoms with Crippen molar-refractivity contribution >= 4 is 41.8 Å². The lowest BCUT2D eigenvalue weighted by Crippen LogP contribution is -1.97. The van der Waals surface area contributed by atoms with Gasteiger partial charge in [0, 0.05) is 26.0 Å². The van der Waals surface area contributed by atoms with Crippen molar-refractivity contribution in [2.45, 2.75) is 4.34 Å². The van der Waals surface area contributed by atoms with E-state index in [1.165, 1.54) is 37.5 Å². The number of aromatic nitrogens is 2. The molecule has 0 saturated heterocycles. The molecule has 0 N–H and O–H groups in total. The van der Waals surface area contributed by atoms with Crippen molar-refractivity contribution in [2.75, 3.05) is 20.5 Å². The molecule has 9 heteroatoms. The Morgan fingerprint density at radius 1 is 1.43 bits per heavy atom. The van der Waals surface area contributed by atoms with Crippen molar-refractivity contribution in [3.05, 3.63) is 0 Å². The maximum Gasteiger partial charge on any atom is 0.382 e. The van der Waals surface area contributed by atoms with Gasteiger partial charge in [-0.25, -0.2) is 0 Å². The van der Waals surface area contributed by atoms with Gasteiger partial charge in [0.05, 0.1) is 0 Å². The molecule has 14 heavy (non-hydrogen) atoms. The zero-order valence-corrected chi connectivity index (χ0v) is 11.1. The molecule has 0 unspecified atom stereocenters. The van der Waals surface area contributed by atoms with Gasteiger partial charge in [0.15, 0.2) is 4.34 Å². The van der Waals surface area contributed by atoms with Crippen LogP contribution in [0.3, 0.4) is 0 Å². The zero-order chi connectivity index (χ0) is 10.6. The van der Waals surface area contributed by atoms with Crippen LogP contribution in [0, 0.1) is 0 Å². The third-order valence-electron chi connectivity index (χ3n) is 1.20. The van der Waals surface area contributed by atoms with Gasteiger partial charge in [0.1, 0.15) is 0 Å². The first-order chi connectivity index (χ1) is 6.63. The van der Waals surface area contributed by atoms with Crippen LogP contribution in [0.25, 0.3) is 0 Å². The molecule has 1 aromatic rings. The minimum absolute atomic E-state index is 0.214. The molecule has 0 aromatic carbocycles. The quantitative estimate of drug-likeness (QED) is 0.601. The van der Waals surface area contributed by atoms with Crippen LogP contribution in [0.4, 0.5) is 0 Å². The molecule has 1 aromatic heterocycles. The van der Waals surface area contributed by atoms with Crippen LogP contribution in [-0.4, -0.2) is 29.8 Å². The second-order valence-electron chi connectivity index (χ2n) is 1.95. The standard InChI is InChI=1S/C5H9N2O3PS3/c1-8-11(12,9-2)10-4-6-5(13-3)14-7-4/h1-3H3. The van der Waals surface area contributed by atoms with E-state index in [-0.39, 0.29) is 6.01 Å². The molecule has 0 fully saturated rings. The Morgan fingerprint density at radius 3 is 2.50 bits per heavy atom. The Hall–Kier alpha value is 0.280. The molecule has 0 saturated carbocycles. The number of hydrogen-bond donors (Lipinski definition) is 0. The fourth-order valence-electron chi connectivity index (χ4n) is 0.566. The lowest BCUT2D eigenvalue weighted by molar-refractivity contribution is 0.268. The number of rotatable bonds is 5. The number of hydrogen-bond acceptors (Lipinski definition) is 8. The number of thioether (sulfide) groups is 1. The van der Waals surface area contributed by atoms with Crippen molar-refractivity contribution < 1.29 is 13.6 Å². The van der Waals surface area contributed by atoms with Crippen LogP contribution < -0.4 is 4.52 Å². The van der Waals surface area contributed by atoms with E-state index in [0.29, 0.717) is 0 Å². The van der Waals surface area contributed by atoms with Gasteiger partial charge in [-0.15, -0.1) is 4.37 Å². The summed E-state index contributed by atoms with van der Waals surface area (Å²) in [5, 5.41) is 0. The molecule has 0 atom stereocenters. The molecule has 1 heterocycles. The second-order valence-corrected chi connectivity index (χ2v) is 6.90. The van der Waals surface area contributed by atoms with Gasteiger partial charge in [-0.3, -0.25) is 0 Å². The van der Waals surface area contributed by atoms with Gasteiger partial charge >= 0.3 is 12.7 Å². The first-order valence-corrected chi connectivity index (χ1v) is 7.97. The highest BCUT2D eigenvalue weighted by Gasteiger charge is 2.21. The Morgan fingerprint density at radius 2 is 2.07 bits per heavy atom. The summed E-state index contributed by atoms with van der Waals surface area (Å²) < 4.78 is 19.9. The third kappa shape index (κ3) is 3.15. The predicted molar refractivity (Wildman–Crippen MR) is 60.6 cm³/mol. The van der Waals surface area contributed by atoms with E-state index >= 15 is 0 Å². The molecule has 0 amide bonds. The predicted octanol–water partition coefficient (Wildman–Crippen LogP) is 2.16. The summed E-state index contributed by atoms with van der Waals surface area (Å²) in [6, 6.07) is 0.214. The Balaban J connectivity index is 2.72. The minimum atomic E-state index is -2.69. The first-order valence-electron chi connectivity index (χ1n) is 3.42. The number of nitrogens with zero attached hydrogens (tertiary/aromatic N) is 2. The highest BCUT2D eigenvalue weighted by molar-refractivity contribution is 8.07. The lowest BCUT2D eigenvalue weighted by atomic mass is 11.2. The minimum Gasteiger partial charge on any atom is -0.388 e. The van der Waals surface area contributed by atoms with Gasteiger partial charge in [0.25, 0.3) is 0 Å². The molecule has 0 bridgehead atoms. The fraction of sp³-hybridized carbons (Fsp3) is 0.600. The van der Waals surface area contributed by atoms with Gasteiger partial charge in [-0.05, 0) is 17.8 Å². The fourth-order valence-corrected chi connectivity index (χ4v) is 2.33. The Labute approximate surface area is 95.6 Å². The van der Waals surface area contributed by atoms with Crippen molar-refractivity contribution in [3.8, 4) is 6.01 Å².